The van der Waals surface area contributed by atoms with Crippen molar-refractivity contribution < 1.29 is 155 Å². The summed E-state index contributed by atoms with van der Waals surface area (Å²) in [5.41, 5.74) is 16.4. The Bertz CT molecular complexity index is 3650. The molecule has 1 aliphatic rings. The molecule has 96 heavy (non-hydrogen) atoms. The van der Waals surface area contributed by atoms with Gasteiger partial charge in [0.1, 0.15) is 11.1 Å². The number of nitrogens with zero attached hydrogens (tertiary/aromatic N) is 4. The number of ether oxygens (including phenoxy) is 10. The molecular weight excluding hydrogens is 1540 g/mol. The number of rotatable bonds is 15. The number of aromatic nitrogens is 2. The van der Waals surface area contributed by atoms with Gasteiger partial charge in [-0.1, -0.05) is 11.6 Å². The largest absolute Gasteiger partial charge is 1.00 e. The summed E-state index contributed by atoms with van der Waals surface area (Å²) in [7, 11) is 19.6. The number of halogens is 6. The third kappa shape index (κ3) is 36.1. The number of fused-ring (bicyclic) bond motifs is 2. The number of nitrogens with two attached hydrogens (primary N) is 3. The molecule has 2 amide bonds. The van der Waals surface area contributed by atoms with E-state index < -0.39 is 67.6 Å². The van der Waals surface area contributed by atoms with E-state index in [1.54, 1.807) is 32.7 Å². The maximum Gasteiger partial charge on any atom is 1.00 e. The molecule has 2 heterocycles. The van der Waals surface area contributed by atoms with Gasteiger partial charge in [0.2, 0.25) is 9.23 Å². The van der Waals surface area contributed by atoms with E-state index in [0.29, 0.717) is 45.4 Å². The van der Waals surface area contributed by atoms with E-state index in [2.05, 4.69) is 89.7 Å². The van der Waals surface area contributed by atoms with Crippen LogP contribution in [0, 0.1) is 20.2 Å². The molecule has 7 rings (SSSR count). The first-order valence-corrected chi connectivity index (χ1v) is 32.9. The number of carbonyl (C=O) groups excluding carboxylic acids is 2. The Labute approximate surface area is 609 Å². The summed E-state index contributed by atoms with van der Waals surface area (Å²) in [5, 5.41) is 37.3. The summed E-state index contributed by atoms with van der Waals surface area (Å²) in [6.07, 6.45) is 2.93. The van der Waals surface area contributed by atoms with Gasteiger partial charge in [-0.2, -0.15) is 0 Å². The van der Waals surface area contributed by atoms with E-state index in [9.17, 15) is 44.0 Å². The first-order chi connectivity index (χ1) is 43.0. The summed E-state index contributed by atoms with van der Waals surface area (Å²) in [5.74, 6) is 1.02. The van der Waals surface area contributed by atoms with Gasteiger partial charge in [0, 0.05) is 77.0 Å². The number of aliphatic imine (C=N–C) groups is 1. The van der Waals surface area contributed by atoms with Crippen molar-refractivity contribution in [2.24, 2.45) is 16.5 Å². The van der Waals surface area contributed by atoms with E-state index >= 15 is 0 Å². The van der Waals surface area contributed by atoms with Crippen LogP contribution in [0.3, 0.4) is 0 Å². The van der Waals surface area contributed by atoms with Crippen molar-refractivity contribution in [2.75, 3.05) is 82.1 Å². The molecule has 0 fully saturated rings. The minimum Gasteiger partial charge on any atom is -1.00 e. The standard InChI is InChI=1S/C10H11ClN2O2.C10H10N2O3.C9H10N2O5.C9H12N2O3.C9H9NO6.CH2O2.B.Cl3OP.Cl2OS.Cu.H3N.Na.O2S.H2O.H/c1-14-8-3-6-7(4-9(8)15-2)12-5-13-10(6)11;1-14-8-3-6-7(4-9(8)15-2)11-5-12-10(6)13;1-15-7-3-5(9(10)12)6(11(13)14)4-8(7)16-2;1-13-7-3-5(9(11)12)6(10)4-8(7)14-2;1-15-7-3-5(9(11)12)6(10(13)14)4-8(7)16-2;2-1-3;;1-5(2,3)4;1-4(2)3;;;;1-3-2;;/h3-5,10H,1-2H3,(H,12,13);3-5H,1-2H3,(H,11,12,13);3-4H,1-2H3,(H2,10,12);3-4H,10H2,1-2H3,(H2,11,12);3-4H,1-2H3,(H,11,12);1H,(H,2,3);;;;;1H3;;;1H2;/q;;;;;;;;;;;+1;;;-1. The molecule has 0 spiro atoms. The number of aromatic carboxylic acids is 1. The molecule has 1 unspecified atom stereocenters. The van der Waals surface area contributed by atoms with E-state index in [1.165, 1.54) is 81.4 Å². The van der Waals surface area contributed by atoms with E-state index in [-0.39, 0.29) is 108 Å². The number of carboxylic acid groups (broad SMARTS) is 2. The van der Waals surface area contributed by atoms with Gasteiger partial charge < -0.3 is 98.1 Å². The van der Waals surface area contributed by atoms with Gasteiger partial charge in [-0.15, -0.1) is 0 Å². The first-order valence-electron chi connectivity index (χ1n) is 23.2. The first kappa shape index (κ1) is 99.7. The summed E-state index contributed by atoms with van der Waals surface area (Å²) < 4.78 is 86.2. The predicted molar refractivity (Wildman–Crippen MR) is 354 cm³/mol. The Kier molecular flexibility index (Phi) is 53.8. The zero-order chi connectivity index (χ0) is 71.3. The normalized spacial score (nSPS) is 10.4. The number of alkyl halides is 1. The van der Waals surface area contributed by atoms with Gasteiger partial charge in [0.05, 0.1) is 122 Å². The molecular formula is C48H60BCl6CuN10NaO26PS2. The van der Waals surface area contributed by atoms with Gasteiger partial charge in [-0.05, 0) is 51.9 Å². The number of H-pyrrole nitrogens is 1. The van der Waals surface area contributed by atoms with Crippen molar-refractivity contribution in [1.29, 1.82) is 0 Å². The van der Waals surface area contributed by atoms with Gasteiger partial charge in [-0.25, -0.2) is 14.0 Å². The molecule has 1 aromatic heterocycles. The number of amides is 2. The number of nitrogen functional groups attached to an aromatic ring is 1. The summed E-state index contributed by atoms with van der Waals surface area (Å²) in [6.45, 7) is -0.250. The number of nitro benzene ring substituents is 2. The number of aromatic amines is 1. The van der Waals surface area contributed by atoms with E-state index in [1.807, 2.05) is 12.1 Å². The maximum atomic E-state index is 11.5. The zero-order valence-corrected chi connectivity index (χ0v) is 61.5. The SMILES string of the molecule is COc1cc(C(=O)O)c([N+](=O)[O-])cc1OC.COc1cc(C(N)=O)c([N+](=O)[O-])cc1OC.COc1cc(N)c(C(N)=O)cc1OC.COc1cc2c(cc1OC)C(Cl)N=CN2.COc1cc2nc[nH]c(=O)c2cc1OC.N.O.O=CO.O=P(Cl)(Cl)Cl.O=S(Cl)Cl.O=[S](=O)=[Cu].[B].[H-].[Na+]. The molecule has 3 radical (unpaired) electrons. The average Bonchev–Trinajstić information content (AvgIpc) is 0.849. The maximum absolute atomic E-state index is 11.5. The van der Waals surface area contributed by atoms with Crippen molar-refractivity contribution in [3.05, 3.63) is 120 Å². The molecule has 0 aliphatic carbocycles. The summed E-state index contributed by atoms with van der Waals surface area (Å²) in [4.78, 5) is 83.0. The zero-order valence-electron chi connectivity index (χ0n) is 52.5. The Hall–Kier alpha value is -7.37. The number of nitrogens with one attached hydrogen (secondary N) is 2. The van der Waals surface area contributed by atoms with Crippen molar-refractivity contribution >= 4 is 162 Å². The number of anilines is 2. The number of nitro groups is 2. The average molecular weight is 1600 g/mol. The number of hydrogen-bond donors (Lipinski definition) is 8. The Morgan fingerprint density at radius 1 is 0.667 bits per heavy atom. The second-order valence-corrected chi connectivity index (χ2v) is 26.0. The van der Waals surface area contributed by atoms with Crippen molar-refractivity contribution in [3.8, 4) is 57.5 Å². The molecule has 0 bridgehead atoms. The molecule has 15 N–H and O–H groups in total. The van der Waals surface area contributed by atoms with Crippen LogP contribution in [0.15, 0.2) is 76.8 Å². The quantitative estimate of drug-likeness (QED) is 0.00795. The van der Waals surface area contributed by atoms with Crippen molar-refractivity contribution in [1.82, 2.24) is 16.1 Å². The van der Waals surface area contributed by atoms with Gasteiger partial charge in [0.25, 0.3) is 35.2 Å². The molecule has 5 aromatic carbocycles. The van der Waals surface area contributed by atoms with Gasteiger partial charge in [0.15, 0.2) is 63.0 Å². The molecule has 1 aliphatic heterocycles. The Morgan fingerprint density at radius 3 is 1.32 bits per heavy atom. The molecule has 1 atom stereocenters. The number of carboxylic acids is 1. The van der Waals surface area contributed by atoms with Crippen molar-refractivity contribution in [2.45, 2.75) is 5.50 Å². The van der Waals surface area contributed by atoms with Crippen LogP contribution in [0.2, 0.25) is 0 Å². The van der Waals surface area contributed by atoms with Crippen LogP contribution < -0.4 is 111 Å². The number of benzene rings is 5. The Morgan fingerprint density at radius 2 is 0.969 bits per heavy atom. The van der Waals surface area contributed by atoms with Crippen LogP contribution >= 0.6 is 71.9 Å². The van der Waals surface area contributed by atoms with Gasteiger partial charge in [-0.3, -0.25) is 49.0 Å². The van der Waals surface area contributed by atoms with Gasteiger partial charge >= 0.3 is 72.2 Å². The monoisotopic (exact) mass is 1590 g/mol. The third-order valence-corrected chi connectivity index (χ3v) is 10.4. The fourth-order valence-corrected chi connectivity index (χ4v) is 6.62. The number of carbonyl (C=O) groups is 4. The molecule has 36 nitrogen and oxygen atoms in total. The topological polar surface area (TPSA) is 570 Å². The minimum atomic E-state index is -3.22. The molecule has 0 saturated heterocycles. The fourth-order valence-electron chi connectivity index (χ4n) is 6.38. The number of methoxy groups -OCH3 is 10. The van der Waals surface area contributed by atoms with E-state index in [0.717, 1.165) is 29.4 Å². The second kappa shape index (κ2) is 51.8. The predicted octanol–water partition coefficient (Wildman–Crippen LogP) is 4.70. The molecule has 0 saturated carbocycles. The molecule has 6 aromatic rings. The van der Waals surface area contributed by atoms with Crippen LogP contribution in [0.1, 0.15) is 43.6 Å². The molecule has 532 valence electrons. The minimum absolute atomic E-state index is 0. The summed E-state index contributed by atoms with van der Waals surface area (Å²) in [6, 6.07) is 14.3. The van der Waals surface area contributed by atoms with Crippen LogP contribution in [0.5, 0.6) is 57.5 Å². The van der Waals surface area contributed by atoms with Crippen LogP contribution in [-0.2, 0) is 41.6 Å². The second-order valence-electron chi connectivity index (χ2n) is 15.2. The van der Waals surface area contributed by atoms with Crippen molar-refractivity contribution in [3.63, 3.8) is 0 Å². The molecule has 48 heteroatoms. The smallest absolute Gasteiger partial charge is 1.00 e. The third-order valence-electron chi connectivity index (χ3n) is 10.1. The fraction of sp³-hybridized carbons (Fsp3) is 0.229. The summed E-state index contributed by atoms with van der Waals surface area (Å²) >= 11 is 23.5. The van der Waals surface area contributed by atoms with Crippen LogP contribution in [0.25, 0.3) is 10.9 Å². The van der Waals surface area contributed by atoms with Crippen LogP contribution in [-0.4, -0.2) is 158 Å². The van der Waals surface area contributed by atoms with Crippen LogP contribution in [0.4, 0.5) is 22.7 Å². The number of primary amides is 2. The Balaban J connectivity index is -0.000000195. The number of hydrogen-bond acceptors (Lipinski definition) is 28. The van der Waals surface area contributed by atoms with E-state index in [4.69, 9.17) is 104 Å².